The molecule has 0 aliphatic carbocycles. The van der Waals surface area contributed by atoms with Gasteiger partial charge in [-0.1, -0.05) is 0 Å². The summed E-state index contributed by atoms with van der Waals surface area (Å²) in [6.07, 6.45) is -3.60. The Hall–Kier alpha value is -0.160. The Balaban J connectivity index is 0. The normalized spacial score (nSPS) is 49.2. The summed E-state index contributed by atoms with van der Waals surface area (Å²) in [5.74, 6) is 0. The molecule has 1 aliphatic heterocycles. The number of hydrogen-bond acceptors (Lipinski definition) is 4. The fraction of sp³-hybridized carbons (Fsp3) is 0.833. The molecule has 1 rings (SSSR count). The second-order valence-corrected chi connectivity index (χ2v) is 2.42. The zero-order chi connectivity index (χ0) is 7.72. The lowest BCUT2D eigenvalue weighted by Gasteiger charge is -2.36. The Labute approximate surface area is 62.0 Å². The van der Waals surface area contributed by atoms with E-state index in [0.29, 0.717) is 0 Å². The standard InChI is InChI=1S/C6H11O4/c1-3-6(9)4(7)2-5(8)10-3/h3-9H,1-2H2/q-1/p+2/t3-,4-,5-,6-/m1/s1. The van der Waals surface area contributed by atoms with Crippen molar-refractivity contribution in [1.29, 1.82) is 0 Å². The van der Waals surface area contributed by atoms with Crippen LogP contribution in [0.2, 0.25) is 0 Å². The van der Waals surface area contributed by atoms with E-state index >= 15 is 0 Å². The molecule has 1 heterocycles. The van der Waals surface area contributed by atoms with Crippen molar-refractivity contribution < 1.29 is 22.9 Å². The number of ether oxygens (including phenoxy) is 1. The predicted molar refractivity (Wildman–Crippen MR) is 35.1 cm³/mol. The second-order valence-electron chi connectivity index (χ2n) is 2.42. The molecule has 0 aromatic heterocycles. The van der Waals surface area contributed by atoms with E-state index in [1.54, 1.807) is 0 Å². The first-order valence-electron chi connectivity index (χ1n) is 3.14. The van der Waals surface area contributed by atoms with Crippen LogP contribution in [-0.4, -0.2) is 39.9 Å². The van der Waals surface area contributed by atoms with Gasteiger partial charge in [0.2, 0.25) is 0 Å². The number of hydrogen-bond donors (Lipinski definition) is 3. The van der Waals surface area contributed by atoms with Crippen molar-refractivity contribution in [2.24, 2.45) is 0 Å². The van der Waals surface area contributed by atoms with Gasteiger partial charge in [-0.25, -0.2) is 0 Å². The molecule has 0 unspecified atom stereocenters. The summed E-state index contributed by atoms with van der Waals surface area (Å²) in [6, 6.07) is 0. The molecule has 4 nitrogen and oxygen atoms in total. The van der Waals surface area contributed by atoms with Gasteiger partial charge in [0.05, 0.1) is 12.2 Å². The average molecular weight is 149 g/mol. The Kier molecular flexibility index (Phi) is 2.25. The van der Waals surface area contributed by atoms with Gasteiger partial charge in [-0.15, -0.1) is 0 Å². The molecule has 0 spiro atoms. The molecule has 1 fully saturated rings. The topological polar surface area (TPSA) is 69.9 Å². The van der Waals surface area contributed by atoms with E-state index in [1.165, 1.54) is 0 Å². The SMILES string of the molecule is [CH2-][C@H]1O[C@@H](O)C[C@@H](O)[C@@H]1O.[H+].[H+]. The first-order valence-corrected chi connectivity index (χ1v) is 3.14. The molecule has 3 N–H and O–H groups in total. The van der Waals surface area contributed by atoms with E-state index in [1.807, 2.05) is 0 Å². The van der Waals surface area contributed by atoms with Crippen molar-refractivity contribution in [3.05, 3.63) is 6.92 Å². The van der Waals surface area contributed by atoms with Crippen LogP contribution in [0.15, 0.2) is 0 Å². The Morgan fingerprint density at radius 3 is 2.50 bits per heavy atom. The number of aliphatic hydroxyl groups excluding tert-OH is 3. The van der Waals surface area contributed by atoms with Crippen LogP contribution in [0.25, 0.3) is 0 Å². The predicted octanol–water partition coefficient (Wildman–Crippen LogP) is -1.13. The van der Waals surface area contributed by atoms with Crippen molar-refractivity contribution in [2.75, 3.05) is 0 Å². The third kappa shape index (κ3) is 1.46. The molecule has 10 heavy (non-hydrogen) atoms. The van der Waals surface area contributed by atoms with Gasteiger partial charge in [0.1, 0.15) is 0 Å². The fourth-order valence-corrected chi connectivity index (χ4v) is 0.932. The third-order valence-corrected chi connectivity index (χ3v) is 1.55. The zero-order valence-electron chi connectivity index (χ0n) is 7.47. The Bertz CT molecular complexity index is 112. The summed E-state index contributed by atoms with van der Waals surface area (Å²) in [5.41, 5.74) is 0. The van der Waals surface area contributed by atoms with Gasteiger partial charge in [0.15, 0.2) is 6.29 Å². The fourth-order valence-electron chi connectivity index (χ4n) is 0.932. The van der Waals surface area contributed by atoms with E-state index in [9.17, 15) is 0 Å². The van der Waals surface area contributed by atoms with E-state index < -0.39 is 24.6 Å². The maximum Gasteiger partial charge on any atom is 1.00 e. The molecule has 0 aromatic rings. The first-order chi connectivity index (χ1) is 4.61. The second kappa shape index (κ2) is 2.84. The van der Waals surface area contributed by atoms with Crippen LogP contribution < -0.4 is 0 Å². The van der Waals surface area contributed by atoms with Crippen molar-refractivity contribution in [2.45, 2.75) is 31.0 Å². The van der Waals surface area contributed by atoms with Crippen LogP contribution in [-0.2, 0) is 4.74 Å². The molecule has 4 heteroatoms. The quantitative estimate of drug-likeness (QED) is 0.381. The summed E-state index contributed by atoms with van der Waals surface area (Å²) in [7, 11) is 0. The van der Waals surface area contributed by atoms with Crippen LogP contribution in [0.3, 0.4) is 0 Å². The van der Waals surface area contributed by atoms with Crippen LogP contribution in [0, 0.1) is 6.92 Å². The minimum absolute atomic E-state index is 0. The van der Waals surface area contributed by atoms with Gasteiger partial charge in [-0.2, -0.15) is 0 Å². The molecular weight excluding hydrogens is 136 g/mol. The van der Waals surface area contributed by atoms with Gasteiger partial charge in [0.25, 0.3) is 0 Å². The largest absolute Gasteiger partial charge is 1.00 e. The van der Waals surface area contributed by atoms with Gasteiger partial charge in [-0.3, -0.25) is 0 Å². The molecule has 0 radical (unpaired) electrons. The molecule has 0 bridgehead atoms. The van der Waals surface area contributed by atoms with E-state index in [4.69, 9.17) is 20.1 Å². The lowest BCUT2D eigenvalue weighted by molar-refractivity contribution is -0.219. The molecule has 4 atom stereocenters. The summed E-state index contributed by atoms with van der Waals surface area (Å²) in [4.78, 5) is 0. The highest BCUT2D eigenvalue weighted by atomic mass is 16.6. The minimum Gasteiger partial charge on any atom is -0.391 e. The Morgan fingerprint density at radius 2 is 2.00 bits per heavy atom. The third-order valence-electron chi connectivity index (χ3n) is 1.55. The van der Waals surface area contributed by atoms with Gasteiger partial charge in [-0.05, 0) is 6.10 Å². The molecular formula is C6H13O4+. The summed E-state index contributed by atoms with van der Waals surface area (Å²) in [6.45, 7) is 3.39. The van der Waals surface area contributed by atoms with E-state index in [0.717, 1.165) is 0 Å². The van der Waals surface area contributed by atoms with Crippen molar-refractivity contribution >= 4 is 0 Å². The number of rotatable bonds is 0. The van der Waals surface area contributed by atoms with Gasteiger partial charge in [0, 0.05) is 6.42 Å². The summed E-state index contributed by atoms with van der Waals surface area (Å²) in [5, 5.41) is 26.8. The smallest absolute Gasteiger partial charge is 0.391 e. The number of aliphatic hydroxyl groups is 3. The Morgan fingerprint density at radius 1 is 1.40 bits per heavy atom. The van der Waals surface area contributed by atoms with Crippen LogP contribution in [0.1, 0.15) is 9.27 Å². The lowest BCUT2D eigenvalue weighted by Crippen LogP contribution is -2.46. The summed E-state index contributed by atoms with van der Waals surface area (Å²) >= 11 is 0. The van der Waals surface area contributed by atoms with E-state index in [-0.39, 0.29) is 9.27 Å². The van der Waals surface area contributed by atoms with E-state index in [2.05, 4.69) is 6.92 Å². The summed E-state index contributed by atoms with van der Waals surface area (Å²) < 4.78 is 4.70. The maximum atomic E-state index is 9.02. The van der Waals surface area contributed by atoms with Crippen molar-refractivity contribution in [3.63, 3.8) is 0 Å². The molecule has 60 valence electrons. The lowest BCUT2D eigenvalue weighted by atomic mass is 10.0. The highest BCUT2D eigenvalue weighted by molar-refractivity contribution is 4.83. The van der Waals surface area contributed by atoms with Crippen molar-refractivity contribution in [1.82, 2.24) is 0 Å². The maximum absolute atomic E-state index is 9.02. The highest BCUT2D eigenvalue weighted by Crippen LogP contribution is 2.17. The van der Waals surface area contributed by atoms with Crippen molar-refractivity contribution in [3.8, 4) is 0 Å². The van der Waals surface area contributed by atoms with Crippen LogP contribution in [0.5, 0.6) is 0 Å². The monoisotopic (exact) mass is 149 g/mol. The zero-order valence-corrected chi connectivity index (χ0v) is 5.47. The first kappa shape index (κ1) is 7.94. The van der Waals surface area contributed by atoms with Crippen LogP contribution >= 0.6 is 0 Å². The molecule has 0 amide bonds. The van der Waals surface area contributed by atoms with Gasteiger partial charge < -0.3 is 27.0 Å². The molecule has 0 saturated carbocycles. The highest BCUT2D eigenvalue weighted by Gasteiger charge is 2.29. The van der Waals surface area contributed by atoms with Crippen LogP contribution in [0.4, 0.5) is 0 Å². The van der Waals surface area contributed by atoms with Gasteiger partial charge >= 0.3 is 2.85 Å². The molecule has 1 aliphatic rings. The minimum atomic E-state index is -0.999. The molecule has 0 aromatic carbocycles. The molecule has 1 saturated heterocycles. The average Bonchev–Trinajstić information content (AvgIpc) is 1.82.